The van der Waals surface area contributed by atoms with Crippen molar-refractivity contribution in [1.29, 1.82) is 0 Å². The normalized spacial score (nSPS) is 17.0. The van der Waals surface area contributed by atoms with Gasteiger partial charge in [-0.15, -0.1) is 12.4 Å². The summed E-state index contributed by atoms with van der Waals surface area (Å²) >= 11 is 0. The fourth-order valence-electron chi connectivity index (χ4n) is 3.69. The van der Waals surface area contributed by atoms with Gasteiger partial charge in [-0.3, -0.25) is 4.79 Å². The predicted octanol–water partition coefficient (Wildman–Crippen LogP) is 4.49. The second kappa shape index (κ2) is 12.2. The summed E-state index contributed by atoms with van der Waals surface area (Å²) in [6, 6.07) is 8.17. The number of nitrogens with one attached hydrogen (secondary N) is 2. The molecular formula is C21H35ClN2O2. The van der Waals surface area contributed by atoms with Gasteiger partial charge in [0.2, 0.25) is 5.91 Å². The largest absolute Gasteiger partial charge is 0.497 e. The number of methoxy groups -OCH3 is 1. The van der Waals surface area contributed by atoms with E-state index in [-0.39, 0.29) is 24.4 Å². The topological polar surface area (TPSA) is 50.4 Å². The maximum Gasteiger partial charge on any atom is 0.220 e. The van der Waals surface area contributed by atoms with Gasteiger partial charge in [0, 0.05) is 6.42 Å². The molecule has 1 saturated heterocycles. The molecule has 5 heteroatoms. The third-order valence-electron chi connectivity index (χ3n) is 5.40. The summed E-state index contributed by atoms with van der Waals surface area (Å²) in [5.41, 5.74) is 1.16. The van der Waals surface area contributed by atoms with E-state index >= 15 is 0 Å². The van der Waals surface area contributed by atoms with Crippen molar-refractivity contribution in [3.8, 4) is 5.75 Å². The number of benzene rings is 1. The van der Waals surface area contributed by atoms with Gasteiger partial charge >= 0.3 is 0 Å². The van der Waals surface area contributed by atoms with E-state index in [1.807, 2.05) is 12.1 Å². The molecule has 2 N–H and O–H groups in total. The van der Waals surface area contributed by atoms with Crippen LogP contribution < -0.4 is 15.4 Å². The SMILES string of the molecule is CCCCC(NC(=O)CC(C)C1CCNCC1)c1ccc(OC)cc1.Cl. The van der Waals surface area contributed by atoms with Gasteiger partial charge in [-0.1, -0.05) is 38.8 Å². The lowest BCUT2D eigenvalue weighted by atomic mass is 9.84. The molecule has 1 aliphatic rings. The molecule has 1 fully saturated rings. The zero-order valence-corrected chi connectivity index (χ0v) is 17.2. The molecule has 148 valence electrons. The molecule has 1 aromatic rings. The fraction of sp³-hybridized carbons (Fsp3) is 0.667. The van der Waals surface area contributed by atoms with Gasteiger partial charge in [-0.2, -0.15) is 0 Å². The number of hydrogen-bond donors (Lipinski definition) is 2. The molecule has 0 aromatic heterocycles. The minimum absolute atomic E-state index is 0. The summed E-state index contributed by atoms with van der Waals surface area (Å²) in [6.07, 6.45) is 6.23. The Hall–Kier alpha value is -1.26. The van der Waals surface area contributed by atoms with Gasteiger partial charge in [0.15, 0.2) is 0 Å². The lowest BCUT2D eigenvalue weighted by Gasteiger charge is -2.28. The lowest BCUT2D eigenvalue weighted by Crippen LogP contribution is -2.34. The highest BCUT2D eigenvalue weighted by atomic mass is 35.5. The average molecular weight is 383 g/mol. The van der Waals surface area contributed by atoms with Crippen molar-refractivity contribution in [1.82, 2.24) is 10.6 Å². The molecule has 2 rings (SSSR count). The maximum atomic E-state index is 12.6. The molecule has 0 radical (unpaired) electrons. The van der Waals surface area contributed by atoms with Gasteiger partial charge in [0.1, 0.15) is 5.75 Å². The van der Waals surface area contributed by atoms with Crippen LogP contribution in [0, 0.1) is 11.8 Å². The number of unbranched alkanes of at least 4 members (excludes halogenated alkanes) is 1. The smallest absolute Gasteiger partial charge is 0.220 e. The first-order valence-electron chi connectivity index (χ1n) is 9.78. The molecule has 0 spiro atoms. The van der Waals surface area contributed by atoms with Crippen molar-refractivity contribution in [2.24, 2.45) is 11.8 Å². The Balaban J connectivity index is 0.00000338. The number of hydrogen-bond acceptors (Lipinski definition) is 3. The van der Waals surface area contributed by atoms with Crippen LogP contribution in [0.1, 0.15) is 64.0 Å². The fourth-order valence-corrected chi connectivity index (χ4v) is 3.69. The molecule has 1 aliphatic heterocycles. The van der Waals surface area contributed by atoms with E-state index in [2.05, 4.69) is 36.6 Å². The predicted molar refractivity (Wildman–Crippen MR) is 110 cm³/mol. The molecular weight excluding hydrogens is 348 g/mol. The van der Waals surface area contributed by atoms with Crippen LogP contribution in [0.3, 0.4) is 0 Å². The van der Waals surface area contributed by atoms with Crippen LogP contribution in [0.15, 0.2) is 24.3 Å². The number of rotatable bonds is 9. The van der Waals surface area contributed by atoms with Crippen LogP contribution >= 0.6 is 12.4 Å². The standard InChI is InChI=1S/C21H34N2O2.ClH/c1-4-5-6-20(18-7-9-19(25-3)10-8-18)23-21(24)15-16(2)17-11-13-22-14-12-17;/h7-10,16-17,20,22H,4-6,11-15H2,1-3H3,(H,23,24);1H. The van der Waals surface area contributed by atoms with Crippen molar-refractivity contribution < 1.29 is 9.53 Å². The molecule has 0 aliphatic carbocycles. The highest BCUT2D eigenvalue weighted by molar-refractivity contribution is 5.85. The molecule has 0 saturated carbocycles. The van der Waals surface area contributed by atoms with Crippen molar-refractivity contribution in [2.45, 2.75) is 58.4 Å². The van der Waals surface area contributed by atoms with Gasteiger partial charge in [-0.25, -0.2) is 0 Å². The molecule has 2 unspecified atom stereocenters. The van der Waals surface area contributed by atoms with Crippen LogP contribution in [0.2, 0.25) is 0 Å². The number of halogens is 1. The molecule has 1 amide bonds. The Morgan fingerprint density at radius 2 is 1.92 bits per heavy atom. The first-order valence-corrected chi connectivity index (χ1v) is 9.78. The second-order valence-electron chi connectivity index (χ2n) is 7.30. The highest BCUT2D eigenvalue weighted by Gasteiger charge is 2.23. The van der Waals surface area contributed by atoms with Crippen LogP contribution in [0.4, 0.5) is 0 Å². The Labute approximate surface area is 164 Å². The van der Waals surface area contributed by atoms with E-state index in [1.54, 1.807) is 7.11 Å². The zero-order valence-electron chi connectivity index (χ0n) is 16.4. The summed E-state index contributed by atoms with van der Waals surface area (Å²) in [5, 5.41) is 6.68. The van der Waals surface area contributed by atoms with Gasteiger partial charge in [0.05, 0.1) is 13.2 Å². The third kappa shape index (κ3) is 7.16. The van der Waals surface area contributed by atoms with Gasteiger partial charge in [-0.05, 0) is 61.9 Å². The lowest BCUT2D eigenvalue weighted by molar-refractivity contribution is -0.123. The second-order valence-corrected chi connectivity index (χ2v) is 7.30. The number of amides is 1. The highest BCUT2D eigenvalue weighted by Crippen LogP contribution is 2.26. The number of carbonyl (C=O) groups is 1. The summed E-state index contributed by atoms with van der Waals surface area (Å²) in [7, 11) is 1.67. The monoisotopic (exact) mass is 382 g/mol. The molecule has 0 bridgehead atoms. The van der Waals surface area contributed by atoms with Crippen molar-refractivity contribution in [2.75, 3.05) is 20.2 Å². The van der Waals surface area contributed by atoms with Crippen LogP contribution in [-0.2, 0) is 4.79 Å². The van der Waals surface area contributed by atoms with Crippen LogP contribution in [0.5, 0.6) is 5.75 Å². The quantitative estimate of drug-likeness (QED) is 0.661. The number of piperidine rings is 1. The number of ether oxygens (including phenoxy) is 1. The Morgan fingerprint density at radius 3 is 2.50 bits per heavy atom. The van der Waals surface area contributed by atoms with E-state index in [0.717, 1.165) is 43.7 Å². The Kier molecular flexibility index (Phi) is 10.7. The third-order valence-corrected chi connectivity index (χ3v) is 5.40. The van der Waals surface area contributed by atoms with Crippen molar-refractivity contribution in [3.63, 3.8) is 0 Å². The number of carbonyl (C=O) groups excluding carboxylic acids is 1. The first-order chi connectivity index (χ1) is 12.1. The van der Waals surface area contributed by atoms with E-state index in [9.17, 15) is 4.79 Å². The molecule has 1 heterocycles. The van der Waals surface area contributed by atoms with E-state index < -0.39 is 0 Å². The summed E-state index contributed by atoms with van der Waals surface area (Å²) in [4.78, 5) is 12.6. The summed E-state index contributed by atoms with van der Waals surface area (Å²) in [6.45, 7) is 6.58. The van der Waals surface area contributed by atoms with E-state index in [0.29, 0.717) is 18.3 Å². The minimum Gasteiger partial charge on any atom is -0.497 e. The van der Waals surface area contributed by atoms with Crippen LogP contribution in [0.25, 0.3) is 0 Å². The van der Waals surface area contributed by atoms with Gasteiger partial charge in [0.25, 0.3) is 0 Å². The van der Waals surface area contributed by atoms with Gasteiger partial charge < -0.3 is 15.4 Å². The van der Waals surface area contributed by atoms with E-state index in [4.69, 9.17) is 4.74 Å². The Morgan fingerprint density at radius 1 is 1.27 bits per heavy atom. The molecule has 4 nitrogen and oxygen atoms in total. The zero-order chi connectivity index (χ0) is 18.1. The Bertz CT molecular complexity index is 515. The van der Waals surface area contributed by atoms with Crippen LogP contribution in [-0.4, -0.2) is 26.1 Å². The summed E-state index contributed by atoms with van der Waals surface area (Å²) < 4.78 is 5.24. The van der Waals surface area contributed by atoms with Crippen molar-refractivity contribution >= 4 is 18.3 Å². The summed E-state index contributed by atoms with van der Waals surface area (Å²) in [5.74, 6) is 2.15. The maximum absolute atomic E-state index is 12.6. The van der Waals surface area contributed by atoms with Crippen molar-refractivity contribution in [3.05, 3.63) is 29.8 Å². The van der Waals surface area contributed by atoms with E-state index in [1.165, 1.54) is 12.8 Å². The minimum atomic E-state index is 0. The first kappa shape index (κ1) is 22.8. The molecule has 26 heavy (non-hydrogen) atoms. The molecule has 1 aromatic carbocycles. The molecule has 2 atom stereocenters. The average Bonchev–Trinajstić information content (AvgIpc) is 2.66.